The average molecular weight is 482 g/mol. The molecule has 1 aromatic heterocycles. The zero-order valence-electron chi connectivity index (χ0n) is 21.3. The molecule has 0 aliphatic carbocycles. The lowest BCUT2D eigenvalue weighted by Crippen LogP contribution is -2.38. The third-order valence-corrected chi connectivity index (χ3v) is 6.45. The second kappa shape index (κ2) is 11.1. The summed E-state index contributed by atoms with van der Waals surface area (Å²) < 4.78 is 24.1. The van der Waals surface area contributed by atoms with Gasteiger partial charge >= 0.3 is 0 Å². The number of ether oxygens (including phenoxy) is 4. The van der Waals surface area contributed by atoms with Crippen LogP contribution in [0.15, 0.2) is 35.1 Å². The molecule has 0 unspecified atom stereocenters. The first-order chi connectivity index (χ1) is 16.9. The van der Waals surface area contributed by atoms with Crippen LogP contribution in [0.25, 0.3) is 10.9 Å². The van der Waals surface area contributed by atoms with Crippen molar-refractivity contribution in [3.63, 3.8) is 0 Å². The first kappa shape index (κ1) is 25.0. The summed E-state index contributed by atoms with van der Waals surface area (Å²) in [7, 11) is 3.13. The van der Waals surface area contributed by atoms with Crippen LogP contribution in [0.4, 0.5) is 0 Å². The molecular weight excluding hydrogens is 446 g/mol. The zero-order chi connectivity index (χ0) is 24.9. The lowest BCUT2D eigenvalue weighted by Gasteiger charge is -2.27. The molecule has 35 heavy (non-hydrogen) atoms. The number of benzene rings is 2. The molecule has 1 aliphatic rings. The normalized spacial score (nSPS) is 14.5. The minimum absolute atomic E-state index is 0.117. The van der Waals surface area contributed by atoms with E-state index < -0.39 is 0 Å². The molecule has 0 spiro atoms. The summed E-state index contributed by atoms with van der Waals surface area (Å²) in [4.78, 5) is 20.7. The first-order valence-corrected chi connectivity index (χ1v) is 12.1. The minimum Gasteiger partial charge on any atom is -0.493 e. The van der Waals surface area contributed by atoms with Gasteiger partial charge in [0.05, 0.1) is 51.4 Å². The van der Waals surface area contributed by atoms with Crippen LogP contribution >= 0.6 is 0 Å². The van der Waals surface area contributed by atoms with Crippen molar-refractivity contribution in [2.45, 2.75) is 39.8 Å². The molecule has 3 aromatic rings. The molecule has 2 heterocycles. The highest BCUT2D eigenvalue weighted by Gasteiger charge is 2.19. The Hall–Kier alpha value is -3.10. The van der Waals surface area contributed by atoms with Crippen LogP contribution in [0.2, 0.25) is 0 Å². The highest BCUT2D eigenvalue weighted by Crippen LogP contribution is 2.30. The van der Waals surface area contributed by atoms with E-state index in [2.05, 4.69) is 37.8 Å². The number of aromatic nitrogens is 2. The van der Waals surface area contributed by atoms with Crippen molar-refractivity contribution < 1.29 is 18.9 Å². The summed E-state index contributed by atoms with van der Waals surface area (Å²) in [6.45, 7) is 10.7. The topological polar surface area (TPSA) is 75.0 Å². The van der Waals surface area contributed by atoms with E-state index in [1.807, 2.05) is 6.07 Å². The van der Waals surface area contributed by atoms with Gasteiger partial charge in [0.15, 0.2) is 11.5 Å². The third-order valence-electron chi connectivity index (χ3n) is 6.45. The van der Waals surface area contributed by atoms with Gasteiger partial charge in [-0.25, -0.2) is 4.98 Å². The van der Waals surface area contributed by atoms with Crippen LogP contribution in [-0.2, 0) is 17.8 Å². The van der Waals surface area contributed by atoms with Gasteiger partial charge in [0.1, 0.15) is 18.2 Å². The SMILES string of the molecule is COc1cc2nc(CN3CCOCC3)n(CCOc3ccc(C(C)C)c(C)c3)c(=O)c2cc1OC. The number of fused-ring (bicyclic) bond motifs is 1. The molecule has 1 fully saturated rings. The van der Waals surface area contributed by atoms with Crippen molar-refractivity contribution in [3.8, 4) is 17.2 Å². The Morgan fingerprint density at radius 2 is 1.77 bits per heavy atom. The first-order valence-electron chi connectivity index (χ1n) is 12.1. The zero-order valence-corrected chi connectivity index (χ0v) is 21.3. The van der Waals surface area contributed by atoms with Crippen LogP contribution in [0.1, 0.15) is 36.7 Å². The molecule has 2 aromatic carbocycles. The Morgan fingerprint density at radius 1 is 1.06 bits per heavy atom. The predicted molar refractivity (Wildman–Crippen MR) is 136 cm³/mol. The fraction of sp³-hybridized carbons (Fsp3) is 0.481. The second-order valence-corrected chi connectivity index (χ2v) is 9.12. The van der Waals surface area contributed by atoms with E-state index in [4.69, 9.17) is 23.9 Å². The Balaban J connectivity index is 1.64. The number of nitrogens with zero attached hydrogens (tertiary/aromatic N) is 3. The highest BCUT2D eigenvalue weighted by atomic mass is 16.5. The predicted octanol–water partition coefficient (Wildman–Crippen LogP) is 3.76. The molecular formula is C27H35N3O5. The largest absolute Gasteiger partial charge is 0.493 e. The van der Waals surface area contributed by atoms with Crippen LogP contribution in [0.5, 0.6) is 17.2 Å². The summed E-state index contributed by atoms with van der Waals surface area (Å²) in [5.41, 5.74) is 2.99. The summed E-state index contributed by atoms with van der Waals surface area (Å²) in [5.74, 6) is 3.01. The molecule has 0 atom stereocenters. The number of aryl methyl sites for hydroxylation is 1. The van der Waals surface area contributed by atoms with E-state index in [9.17, 15) is 4.79 Å². The van der Waals surface area contributed by atoms with Crippen molar-refractivity contribution in [1.29, 1.82) is 0 Å². The molecule has 188 valence electrons. The van der Waals surface area contributed by atoms with Crippen molar-refractivity contribution in [2.75, 3.05) is 47.1 Å². The summed E-state index contributed by atoms with van der Waals surface area (Å²) in [5, 5.41) is 0.491. The van der Waals surface area contributed by atoms with Crippen LogP contribution in [-0.4, -0.2) is 61.6 Å². The van der Waals surface area contributed by atoms with E-state index in [1.165, 1.54) is 11.1 Å². The standard InChI is InChI=1S/C27H35N3O5/c1-18(2)21-7-6-20(14-19(21)3)35-13-10-30-26(17-29-8-11-34-12-9-29)28-23-16-25(33-5)24(32-4)15-22(23)27(30)31/h6-7,14-16,18H,8-13,17H2,1-5H3. The number of hydrogen-bond donors (Lipinski definition) is 0. The van der Waals surface area contributed by atoms with Crippen molar-refractivity contribution >= 4 is 10.9 Å². The van der Waals surface area contributed by atoms with Gasteiger partial charge in [-0.05, 0) is 42.2 Å². The molecule has 1 saturated heterocycles. The molecule has 0 amide bonds. The molecule has 0 saturated carbocycles. The maximum absolute atomic E-state index is 13.6. The lowest BCUT2D eigenvalue weighted by atomic mass is 9.98. The smallest absolute Gasteiger partial charge is 0.261 e. The van der Waals surface area contributed by atoms with E-state index >= 15 is 0 Å². The highest BCUT2D eigenvalue weighted by molar-refractivity contribution is 5.82. The van der Waals surface area contributed by atoms with Gasteiger partial charge in [0, 0.05) is 19.2 Å². The Morgan fingerprint density at radius 3 is 2.43 bits per heavy atom. The van der Waals surface area contributed by atoms with Gasteiger partial charge in [0.25, 0.3) is 5.56 Å². The summed E-state index contributed by atoms with van der Waals surface area (Å²) in [6.07, 6.45) is 0. The molecule has 8 heteroatoms. The molecule has 4 rings (SSSR count). The third kappa shape index (κ3) is 5.60. The molecule has 0 radical (unpaired) electrons. The van der Waals surface area contributed by atoms with Crippen molar-refractivity contribution in [2.24, 2.45) is 0 Å². The Bertz CT molecular complexity index is 1230. The summed E-state index contributed by atoms with van der Waals surface area (Å²) in [6, 6.07) is 9.63. The van der Waals surface area contributed by atoms with Gasteiger partial charge < -0.3 is 18.9 Å². The monoisotopic (exact) mass is 481 g/mol. The maximum Gasteiger partial charge on any atom is 0.261 e. The second-order valence-electron chi connectivity index (χ2n) is 9.12. The number of methoxy groups -OCH3 is 2. The molecule has 0 bridgehead atoms. The van der Waals surface area contributed by atoms with Gasteiger partial charge in [-0.3, -0.25) is 14.3 Å². The van der Waals surface area contributed by atoms with Crippen molar-refractivity contribution in [3.05, 3.63) is 57.6 Å². The minimum atomic E-state index is -0.117. The van der Waals surface area contributed by atoms with Crippen molar-refractivity contribution in [1.82, 2.24) is 14.5 Å². The molecule has 8 nitrogen and oxygen atoms in total. The van der Waals surface area contributed by atoms with Crippen LogP contribution in [0.3, 0.4) is 0 Å². The maximum atomic E-state index is 13.6. The van der Waals surface area contributed by atoms with E-state index in [-0.39, 0.29) is 5.56 Å². The van der Waals surface area contributed by atoms with Gasteiger partial charge in [-0.2, -0.15) is 0 Å². The average Bonchev–Trinajstić information content (AvgIpc) is 2.85. The lowest BCUT2D eigenvalue weighted by molar-refractivity contribution is 0.0323. The molecule has 1 aliphatic heterocycles. The van der Waals surface area contributed by atoms with Gasteiger partial charge in [-0.1, -0.05) is 19.9 Å². The quantitative estimate of drug-likeness (QED) is 0.461. The fourth-order valence-electron chi connectivity index (χ4n) is 4.55. The number of morpholine rings is 1. The fourth-order valence-corrected chi connectivity index (χ4v) is 4.55. The van der Waals surface area contributed by atoms with Gasteiger partial charge in [0.2, 0.25) is 0 Å². The molecule has 0 N–H and O–H groups in total. The van der Waals surface area contributed by atoms with Crippen LogP contribution in [0, 0.1) is 6.92 Å². The number of hydrogen-bond acceptors (Lipinski definition) is 7. The van der Waals surface area contributed by atoms with E-state index in [0.29, 0.717) is 67.1 Å². The van der Waals surface area contributed by atoms with E-state index in [1.54, 1.807) is 30.9 Å². The van der Waals surface area contributed by atoms with Gasteiger partial charge in [-0.15, -0.1) is 0 Å². The Kier molecular flexibility index (Phi) is 7.93. The summed E-state index contributed by atoms with van der Waals surface area (Å²) >= 11 is 0. The Labute approximate surface area is 206 Å². The van der Waals surface area contributed by atoms with Crippen LogP contribution < -0.4 is 19.8 Å². The number of rotatable bonds is 9. The van der Waals surface area contributed by atoms with E-state index in [0.717, 1.165) is 18.8 Å².